The summed E-state index contributed by atoms with van der Waals surface area (Å²) in [5, 5.41) is 159. The van der Waals surface area contributed by atoms with Crippen LogP contribution in [0.5, 0.6) is 51.7 Å². The maximum Gasteiger partial charge on any atom is 0.402 e. The monoisotopic (exact) mass is 1110 g/mol. The number of aromatic hydroxyl groups is 6. The van der Waals surface area contributed by atoms with E-state index in [0.717, 1.165) is 48.6 Å². The highest BCUT2D eigenvalue weighted by Gasteiger charge is 2.53. The molecule has 0 aliphatic carbocycles. The Hall–Kier alpha value is -7.61. The third-order valence-corrected chi connectivity index (χ3v) is 12.8. The first-order chi connectivity index (χ1) is 37.6. The van der Waals surface area contributed by atoms with Gasteiger partial charge in [-0.05, 0) is 59.7 Å². The smallest absolute Gasteiger partial charge is 0.402 e. The minimum absolute atomic E-state index is 0.0572. The summed E-state index contributed by atoms with van der Waals surface area (Å²) in [6.07, 6.45) is -24.5. The molecule has 3 aliphatic rings. The van der Waals surface area contributed by atoms with Gasteiger partial charge < -0.3 is 119 Å². The second-order valence-corrected chi connectivity index (χ2v) is 18.2. The second kappa shape index (κ2) is 24.6. The highest BCUT2D eigenvalue weighted by molar-refractivity contribution is 5.89. The van der Waals surface area contributed by atoms with Crippen LogP contribution >= 0.6 is 0 Å². The number of benzene rings is 4. The fourth-order valence-electron chi connectivity index (χ4n) is 8.44. The van der Waals surface area contributed by atoms with Gasteiger partial charge in [-0.3, -0.25) is 0 Å². The van der Waals surface area contributed by atoms with Crippen molar-refractivity contribution in [1.29, 1.82) is 0 Å². The van der Waals surface area contributed by atoms with Crippen molar-refractivity contribution in [3.05, 3.63) is 96.1 Å². The predicted octanol–water partition coefficient (Wildman–Crippen LogP) is -0.667. The second-order valence-electron chi connectivity index (χ2n) is 18.2. The van der Waals surface area contributed by atoms with E-state index in [2.05, 4.69) is 0 Å². The van der Waals surface area contributed by atoms with E-state index in [9.17, 15) is 86.2 Å². The van der Waals surface area contributed by atoms with Crippen molar-refractivity contribution in [1.82, 2.24) is 0 Å². The molecule has 4 aromatic carbocycles. The van der Waals surface area contributed by atoms with Crippen LogP contribution in [0.25, 0.3) is 34.4 Å². The Morgan fingerprint density at radius 2 is 1.06 bits per heavy atom. The molecule has 3 fully saturated rings. The van der Waals surface area contributed by atoms with Crippen molar-refractivity contribution in [2.45, 2.75) is 92.1 Å². The zero-order chi connectivity index (χ0) is 57.0. The molecule has 0 unspecified atom stereocenters. The number of fused-ring (bicyclic) bond motifs is 1. The Balaban J connectivity index is 1.13. The Labute approximate surface area is 445 Å². The number of aliphatic hydroxyl groups excluding tert-OH is 9. The molecule has 27 nitrogen and oxygen atoms in total. The SMILES string of the molecule is COc1cc(C=CC(=O)OC[C@H]2O[C@@H](O[C@H]3[C@H](Oc4cc5c(O[C@@H]6O[C@H](CO)[C@@H](O)[C@H](O)[C@H]6O)cc(O)cc5[o+]c4-c4ccc(O)c(O)c4)O[C@H](COC(=O)C=Cc4ccc(O)c(O)c4)[C@@H](O)[C@@H]3O)[C@H](O)[C@@H](O)[C@@H]2O)ccc1O. The van der Waals surface area contributed by atoms with Crippen molar-refractivity contribution in [2.75, 3.05) is 26.9 Å². The lowest BCUT2D eigenvalue weighted by atomic mass is 9.97. The molecule has 0 saturated carbocycles. The van der Waals surface area contributed by atoms with Gasteiger partial charge in [-0.15, -0.1) is 0 Å². The van der Waals surface area contributed by atoms with Crippen LogP contribution in [0, 0.1) is 0 Å². The topological polar surface area (TPSA) is 432 Å². The van der Waals surface area contributed by atoms with Gasteiger partial charge in [0.2, 0.25) is 18.3 Å². The summed E-state index contributed by atoms with van der Waals surface area (Å²) < 4.78 is 57.6. The lowest BCUT2D eigenvalue weighted by molar-refractivity contribution is -0.358. The molecule has 15 atom stereocenters. The average molecular weight is 1110 g/mol. The number of phenolic OH excluding ortho intramolecular Hbond substituents is 6. The number of hydrogen-bond acceptors (Lipinski definition) is 26. The summed E-state index contributed by atoms with van der Waals surface area (Å²) in [5.41, 5.74) is 0.390. The molecule has 1 aromatic heterocycles. The number of carbonyl (C=O) groups is 2. The van der Waals surface area contributed by atoms with Gasteiger partial charge >= 0.3 is 23.3 Å². The molecule has 4 heterocycles. The van der Waals surface area contributed by atoms with E-state index in [1.54, 1.807) is 0 Å². The van der Waals surface area contributed by atoms with Gasteiger partial charge in [0.25, 0.3) is 0 Å². The molecular weight excluding hydrogens is 1060 g/mol. The van der Waals surface area contributed by atoms with Crippen LogP contribution in [0.1, 0.15) is 11.1 Å². The standard InChI is InChI=1S/C52H54O27/c1-70-33-13-22(3-8-28(33)57)5-11-39(61)71-19-36-41(63)44(66)47(69)51(77-36)79-49-45(67)42(64)37(20-72-38(60)10-4-21-2-7-26(55)29(58)12-21)78-52(49)75-34-17-25-31(73-48(34)23-6-9-27(56)30(59)14-23)15-24(54)16-32(25)74-50-46(68)43(65)40(62)35(18-53)76-50/h2-17,35-37,40-47,49-53,62-69H,18-20H2,1H3,(H5-,54,55,56,57,58,59,60,61)/p+1/t35-,36-,37-,40-,41-,42-,43+,44+,45+,46-,47-,49-,50-,51+,52-/m1/s1. The van der Waals surface area contributed by atoms with Gasteiger partial charge in [-0.25, -0.2) is 14.0 Å². The van der Waals surface area contributed by atoms with E-state index in [1.807, 2.05) is 0 Å². The number of rotatable bonds is 17. The normalized spacial score (nSPS) is 29.1. The van der Waals surface area contributed by atoms with Crippen LogP contribution in [0.15, 0.2) is 89.4 Å². The number of aliphatic hydroxyl groups is 9. The fourth-order valence-corrected chi connectivity index (χ4v) is 8.44. The largest absolute Gasteiger partial charge is 0.507 e. The van der Waals surface area contributed by atoms with E-state index < -0.39 is 158 Å². The third kappa shape index (κ3) is 13.0. The lowest BCUT2D eigenvalue weighted by Crippen LogP contribution is -2.65. The maximum absolute atomic E-state index is 13.0. The van der Waals surface area contributed by atoms with E-state index in [1.165, 1.54) is 55.7 Å². The summed E-state index contributed by atoms with van der Waals surface area (Å²) in [6.45, 7) is -2.44. The molecule has 0 spiro atoms. The highest BCUT2D eigenvalue weighted by Crippen LogP contribution is 2.44. The molecule has 15 N–H and O–H groups in total. The first-order valence-electron chi connectivity index (χ1n) is 23.9. The van der Waals surface area contributed by atoms with Gasteiger partial charge in [-0.1, -0.05) is 12.1 Å². The van der Waals surface area contributed by atoms with E-state index in [0.29, 0.717) is 5.56 Å². The Bertz CT molecular complexity index is 3040. The number of esters is 2. The summed E-state index contributed by atoms with van der Waals surface area (Å²) in [7, 11) is 1.32. The van der Waals surface area contributed by atoms with Gasteiger partial charge in [-0.2, -0.15) is 0 Å². The molecule has 27 heteroatoms. The highest BCUT2D eigenvalue weighted by atomic mass is 16.8. The predicted molar refractivity (Wildman–Crippen MR) is 263 cm³/mol. The number of phenols is 6. The van der Waals surface area contributed by atoms with Crippen LogP contribution in [-0.2, 0) is 38.0 Å². The van der Waals surface area contributed by atoms with Crippen LogP contribution in [-0.4, -0.2) is 208 Å². The lowest BCUT2D eigenvalue weighted by Gasteiger charge is -2.45. The van der Waals surface area contributed by atoms with Crippen LogP contribution < -0.4 is 14.2 Å². The number of carbonyl (C=O) groups excluding carboxylic acids is 2. The molecule has 0 bridgehead atoms. The van der Waals surface area contributed by atoms with Gasteiger partial charge in [0.1, 0.15) is 97.2 Å². The summed E-state index contributed by atoms with van der Waals surface area (Å²) in [5.74, 6) is -5.92. The van der Waals surface area contributed by atoms with Gasteiger partial charge in [0.15, 0.2) is 46.9 Å². The molecular formula is C52H55O27+. The zero-order valence-corrected chi connectivity index (χ0v) is 41.1. The average Bonchev–Trinajstić information content (AvgIpc) is 3.43. The molecule has 8 rings (SSSR count). The minimum Gasteiger partial charge on any atom is -0.507 e. The molecule has 3 saturated heterocycles. The minimum atomic E-state index is -2.18. The number of methoxy groups -OCH3 is 1. The molecule has 424 valence electrons. The first kappa shape index (κ1) is 57.6. The van der Waals surface area contributed by atoms with Crippen molar-refractivity contribution < 1.29 is 133 Å². The number of ether oxygens (including phenoxy) is 9. The molecule has 5 aromatic rings. The summed E-state index contributed by atoms with van der Waals surface area (Å²) in [6, 6.07) is 14.5. The van der Waals surface area contributed by atoms with E-state index in [4.69, 9.17) is 47.0 Å². The van der Waals surface area contributed by atoms with Crippen molar-refractivity contribution in [2.24, 2.45) is 0 Å². The quantitative estimate of drug-likeness (QED) is 0.0238. The van der Waals surface area contributed by atoms with Crippen molar-refractivity contribution >= 4 is 35.1 Å². The van der Waals surface area contributed by atoms with Crippen LogP contribution in [0.4, 0.5) is 0 Å². The fraction of sp³-hybridized carbons (Fsp3) is 0.365. The van der Waals surface area contributed by atoms with Crippen LogP contribution in [0.3, 0.4) is 0 Å². The Morgan fingerprint density at radius 1 is 0.532 bits per heavy atom. The molecule has 3 aliphatic heterocycles. The zero-order valence-electron chi connectivity index (χ0n) is 41.1. The first-order valence-corrected chi connectivity index (χ1v) is 23.9. The molecule has 0 radical (unpaired) electrons. The Kier molecular flexibility index (Phi) is 17.9. The third-order valence-electron chi connectivity index (χ3n) is 12.8. The maximum atomic E-state index is 13.0. The molecule has 79 heavy (non-hydrogen) atoms. The summed E-state index contributed by atoms with van der Waals surface area (Å²) >= 11 is 0. The number of hydrogen-bond donors (Lipinski definition) is 15. The summed E-state index contributed by atoms with van der Waals surface area (Å²) in [4.78, 5) is 25.8. The van der Waals surface area contributed by atoms with Crippen molar-refractivity contribution in [3.63, 3.8) is 0 Å². The van der Waals surface area contributed by atoms with E-state index in [-0.39, 0.29) is 45.1 Å². The Morgan fingerprint density at radius 3 is 1.67 bits per heavy atom. The van der Waals surface area contributed by atoms with Crippen molar-refractivity contribution in [3.8, 4) is 63.1 Å². The van der Waals surface area contributed by atoms with Gasteiger partial charge in [0.05, 0.1) is 25.3 Å². The van der Waals surface area contributed by atoms with Gasteiger partial charge in [0, 0.05) is 30.4 Å². The van der Waals surface area contributed by atoms with E-state index >= 15 is 0 Å². The molecule has 0 amide bonds. The van der Waals surface area contributed by atoms with Crippen LogP contribution in [0.2, 0.25) is 0 Å².